The first-order valence-electron chi connectivity index (χ1n) is 8.15. The molecular formula is C16H29NO2. The van der Waals surface area contributed by atoms with Crippen LogP contribution in [0.4, 0.5) is 0 Å². The second kappa shape index (κ2) is 6.11. The van der Waals surface area contributed by atoms with Gasteiger partial charge in [0.15, 0.2) is 0 Å². The molecule has 4 fully saturated rings. The largest absolute Gasteiger partial charge is 0.379 e. The summed E-state index contributed by atoms with van der Waals surface area (Å²) in [4.78, 5) is 0. The van der Waals surface area contributed by atoms with Crippen molar-refractivity contribution in [1.29, 1.82) is 0 Å². The molecule has 0 saturated heterocycles. The van der Waals surface area contributed by atoms with Crippen LogP contribution >= 0.6 is 0 Å². The van der Waals surface area contributed by atoms with E-state index in [1.165, 1.54) is 44.9 Å². The molecular weight excluding hydrogens is 238 g/mol. The highest BCUT2D eigenvalue weighted by atomic mass is 16.5. The summed E-state index contributed by atoms with van der Waals surface area (Å²) >= 11 is 0. The van der Waals surface area contributed by atoms with Crippen molar-refractivity contribution in [3.63, 3.8) is 0 Å². The fourth-order valence-electron chi connectivity index (χ4n) is 5.29. The lowest BCUT2D eigenvalue weighted by Gasteiger charge is -2.57. The molecule has 0 unspecified atom stereocenters. The lowest BCUT2D eigenvalue weighted by Crippen LogP contribution is -2.46. The zero-order chi connectivity index (χ0) is 13.1. The summed E-state index contributed by atoms with van der Waals surface area (Å²) in [7, 11) is 0. The maximum atomic E-state index is 5.75. The van der Waals surface area contributed by atoms with Crippen molar-refractivity contribution in [2.75, 3.05) is 33.0 Å². The molecule has 4 aliphatic carbocycles. The maximum absolute atomic E-state index is 5.75. The molecule has 0 aromatic rings. The molecule has 4 aliphatic rings. The fraction of sp³-hybridized carbons (Fsp3) is 1.00. The third-order valence-electron chi connectivity index (χ3n) is 5.58. The highest BCUT2D eigenvalue weighted by Crippen LogP contribution is 2.61. The SMILES string of the molecule is NCCOCCOCCC12CC3CC(CC(C3)C1)C2. The summed E-state index contributed by atoms with van der Waals surface area (Å²) in [6, 6.07) is 0. The van der Waals surface area contributed by atoms with Gasteiger partial charge in [0.25, 0.3) is 0 Å². The van der Waals surface area contributed by atoms with Gasteiger partial charge < -0.3 is 15.2 Å². The van der Waals surface area contributed by atoms with E-state index in [4.69, 9.17) is 15.2 Å². The quantitative estimate of drug-likeness (QED) is 0.687. The van der Waals surface area contributed by atoms with Crippen LogP contribution in [0.25, 0.3) is 0 Å². The zero-order valence-electron chi connectivity index (χ0n) is 12.1. The molecule has 4 saturated carbocycles. The second-order valence-electron chi connectivity index (χ2n) is 7.18. The Morgan fingerprint density at radius 1 is 0.789 bits per heavy atom. The van der Waals surface area contributed by atoms with E-state index in [0.717, 1.165) is 31.0 Å². The first-order valence-corrected chi connectivity index (χ1v) is 8.15. The van der Waals surface area contributed by atoms with Gasteiger partial charge in [-0.05, 0) is 68.1 Å². The Balaban J connectivity index is 1.36. The third kappa shape index (κ3) is 3.32. The Labute approximate surface area is 117 Å². The van der Waals surface area contributed by atoms with Crippen LogP contribution in [0.1, 0.15) is 44.9 Å². The Kier molecular flexibility index (Phi) is 4.45. The summed E-state index contributed by atoms with van der Waals surface area (Å²) < 4.78 is 11.1. The standard InChI is InChI=1S/C16H29NO2/c17-2-4-19-6-5-18-3-1-16-10-13-7-14(11-16)9-15(8-13)12-16/h13-15H,1-12,17H2. The van der Waals surface area contributed by atoms with Crippen LogP contribution in [0, 0.1) is 23.2 Å². The van der Waals surface area contributed by atoms with Crippen LogP contribution in [-0.4, -0.2) is 33.0 Å². The first-order chi connectivity index (χ1) is 9.30. The molecule has 4 bridgehead atoms. The molecule has 0 radical (unpaired) electrons. The molecule has 0 atom stereocenters. The van der Waals surface area contributed by atoms with E-state index in [-0.39, 0.29) is 0 Å². The van der Waals surface area contributed by atoms with Gasteiger partial charge in [-0.25, -0.2) is 0 Å². The van der Waals surface area contributed by atoms with Crippen LogP contribution in [-0.2, 0) is 9.47 Å². The number of ether oxygens (including phenoxy) is 2. The maximum Gasteiger partial charge on any atom is 0.0701 e. The topological polar surface area (TPSA) is 44.5 Å². The van der Waals surface area contributed by atoms with E-state index in [1.807, 2.05) is 0 Å². The van der Waals surface area contributed by atoms with Crippen molar-refractivity contribution in [3.8, 4) is 0 Å². The summed E-state index contributed by atoms with van der Waals surface area (Å²) in [6.07, 6.45) is 10.4. The Morgan fingerprint density at radius 3 is 1.84 bits per heavy atom. The third-order valence-corrected chi connectivity index (χ3v) is 5.58. The number of hydrogen-bond acceptors (Lipinski definition) is 3. The minimum atomic E-state index is 0.604. The molecule has 2 N–H and O–H groups in total. The van der Waals surface area contributed by atoms with E-state index < -0.39 is 0 Å². The molecule has 3 heteroatoms. The fourth-order valence-corrected chi connectivity index (χ4v) is 5.29. The Hall–Kier alpha value is -0.120. The lowest BCUT2D eigenvalue weighted by atomic mass is 9.49. The molecule has 4 rings (SSSR count). The first kappa shape index (κ1) is 13.8. The minimum absolute atomic E-state index is 0.604. The van der Waals surface area contributed by atoms with Gasteiger partial charge >= 0.3 is 0 Å². The molecule has 19 heavy (non-hydrogen) atoms. The van der Waals surface area contributed by atoms with Gasteiger partial charge in [0.1, 0.15) is 0 Å². The average Bonchev–Trinajstić information content (AvgIpc) is 2.36. The smallest absolute Gasteiger partial charge is 0.0701 e. The van der Waals surface area contributed by atoms with Gasteiger partial charge in [0.05, 0.1) is 19.8 Å². The highest BCUT2D eigenvalue weighted by molar-refractivity contribution is 5.01. The van der Waals surface area contributed by atoms with E-state index in [9.17, 15) is 0 Å². The van der Waals surface area contributed by atoms with Crippen LogP contribution in [0.15, 0.2) is 0 Å². The van der Waals surface area contributed by atoms with E-state index in [0.29, 0.717) is 25.2 Å². The molecule has 3 nitrogen and oxygen atoms in total. The van der Waals surface area contributed by atoms with Crippen LogP contribution in [0.3, 0.4) is 0 Å². The van der Waals surface area contributed by atoms with Crippen molar-refractivity contribution in [1.82, 2.24) is 0 Å². The van der Waals surface area contributed by atoms with Crippen molar-refractivity contribution >= 4 is 0 Å². The molecule has 0 spiro atoms. The minimum Gasteiger partial charge on any atom is -0.379 e. The van der Waals surface area contributed by atoms with Gasteiger partial charge in [-0.3, -0.25) is 0 Å². The Morgan fingerprint density at radius 2 is 1.32 bits per heavy atom. The van der Waals surface area contributed by atoms with Gasteiger partial charge in [-0.2, -0.15) is 0 Å². The van der Waals surface area contributed by atoms with Crippen molar-refractivity contribution in [2.45, 2.75) is 44.9 Å². The summed E-state index contributed by atoms with van der Waals surface area (Å²) in [5.74, 6) is 3.16. The molecule has 0 aromatic heterocycles. The summed E-state index contributed by atoms with van der Waals surface area (Å²) in [5.41, 5.74) is 6.03. The predicted octanol–water partition coefficient (Wildman–Crippen LogP) is 2.58. The number of nitrogens with two attached hydrogens (primary N) is 1. The highest BCUT2D eigenvalue weighted by Gasteiger charge is 2.50. The lowest BCUT2D eigenvalue weighted by molar-refractivity contribution is -0.0711. The van der Waals surface area contributed by atoms with Crippen LogP contribution in [0.2, 0.25) is 0 Å². The average molecular weight is 267 g/mol. The zero-order valence-corrected chi connectivity index (χ0v) is 12.1. The van der Waals surface area contributed by atoms with E-state index in [1.54, 1.807) is 0 Å². The van der Waals surface area contributed by atoms with Crippen molar-refractivity contribution in [2.24, 2.45) is 28.9 Å². The molecule has 0 heterocycles. The van der Waals surface area contributed by atoms with Gasteiger partial charge in [0.2, 0.25) is 0 Å². The number of hydrogen-bond donors (Lipinski definition) is 1. The molecule has 0 aliphatic heterocycles. The summed E-state index contributed by atoms with van der Waals surface area (Å²) in [6.45, 7) is 3.61. The van der Waals surface area contributed by atoms with Gasteiger partial charge in [-0.15, -0.1) is 0 Å². The van der Waals surface area contributed by atoms with Crippen LogP contribution < -0.4 is 5.73 Å². The van der Waals surface area contributed by atoms with E-state index >= 15 is 0 Å². The van der Waals surface area contributed by atoms with E-state index in [2.05, 4.69) is 0 Å². The molecule has 0 aromatic carbocycles. The number of rotatable bonds is 8. The Bertz CT molecular complexity index is 257. The van der Waals surface area contributed by atoms with Gasteiger partial charge in [0, 0.05) is 13.2 Å². The summed E-state index contributed by atoms with van der Waals surface area (Å²) in [5, 5.41) is 0. The van der Waals surface area contributed by atoms with Crippen molar-refractivity contribution in [3.05, 3.63) is 0 Å². The molecule has 110 valence electrons. The predicted molar refractivity (Wildman–Crippen MR) is 75.9 cm³/mol. The van der Waals surface area contributed by atoms with Crippen LogP contribution in [0.5, 0.6) is 0 Å². The monoisotopic (exact) mass is 267 g/mol. The van der Waals surface area contributed by atoms with Crippen molar-refractivity contribution < 1.29 is 9.47 Å². The normalized spacial score (nSPS) is 39.9. The molecule has 0 amide bonds. The second-order valence-corrected chi connectivity index (χ2v) is 7.18. The van der Waals surface area contributed by atoms with Gasteiger partial charge in [-0.1, -0.05) is 0 Å².